The summed E-state index contributed by atoms with van der Waals surface area (Å²) in [6.07, 6.45) is 1.44. The van der Waals surface area contributed by atoms with E-state index in [0.717, 1.165) is 33.1 Å². The summed E-state index contributed by atoms with van der Waals surface area (Å²) in [4.78, 5) is 12.8. The predicted molar refractivity (Wildman–Crippen MR) is 102 cm³/mol. The molecular formula is C17H17N3OS3. The summed E-state index contributed by atoms with van der Waals surface area (Å²) in [6, 6.07) is 14.0. The molecule has 4 nitrogen and oxygen atoms in total. The molecule has 124 valence electrons. The minimum absolute atomic E-state index is 0.230. The lowest BCUT2D eigenvalue weighted by atomic mass is 10.2. The largest absolute Gasteiger partial charge is 0.356 e. The van der Waals surface area contributed by atoms with E-state index in [1.165, 1.54) is 16.9 Å². The molecule has 7 heteroatoms. The molecule has 0 amide bonds. The number of aromatic nitrogens is 2. The van der Waals surface area contributed by atoms with Crippen molar-refractivity contribution in [2.24, 2.45) is 0 Å². The van der Waals surface area contributed by atoms with E-state index in [1.807, 2.05) is 35.7 Å². The molecule has 0 saturated carbocycles. The maximum Gasteiger partial charge on any atom is 0.206 e. The number of Topliss-reactive ketones (excluding diaryl/α,β-unsaturated/α-hetero) is 1. The number of thioether (sulfide) groups is 1. The Labute approximate surface area is 153 Å². The number of carbonyl (C=O) groups excluding carboxylic acids is 1. The van der Waals surface area contributed by atoms with Crippen LogP contribution in [0.1, 0.15) is 28.1 Å². The Kier molecular flexibility index (Phi) is 6.40. The van der Waals surface area contributed by atoms with E-state index >= 15 is 0 Å². The van der Waals surface area contributed by atoms with E-state index in [-0.39, 0.29) is 5.78 Å². The Morgan fingerprint density at radius 1 is 1.12 bits per heavy atom. The summed E-state index contributed by atoms with van der Waals surface area (Å²) in [5.41, 5.74) is 1.22. The molecule has 0 atom stereocenters. The molecule has 0 aliphatic heterocycles. The number of thiophene rings is 1. The number of hydrogen-bond acceptors (Lipinski definition) is 7. The third kappa shape index (κ3) is 5.15. The normalized spacial score (nSPS) is 10.7. The first-order chi connectivity index (χ1) is 11.8. The fourth-order valence-corrected chi connectivity index (χ4v) is 4.52. The van der Waals surface area contributed by atoms with Gasteiger partial charge in [-0.1, -0.05) is 59.5 Å². The van der Waals surface area contributed by atoms with E-state index in [4.69, 9.17) is 0 Å². The second-order valence-electron chi connectivity index (χ2n) is 5.06. The van der Waals surface area contributed by atoms with E-state index in [1.54, 1.807) is 23.1 Å². The number of anilines is 1. The average molecular weight is 376 g/mol. The van der Waals surface area contributed by atoms with Crippen molar-refractivity contribution in [3.63, 3.8) is 0 Å². The first kappa shape index (κ1) is 17.1. The number of nitrogens with one attached hydrogen (secondary N) is 1. The number of nitrogens with zero attached hydrogens (tertiary/aromatic N) is 2. The molecule has 0 bridgehead atoms. The van der Waals surface area contributed by atoms with Crippen molar-refractivity contribution in [3.8, 4) is 0 Å². The fourth-order valence-electron chi connectivity index (χ4n) is 2.07. The molecular weight excluding hydrogens is 358 g/mol. The van der Waals surface area contributed by atoms with Crippen LogP contribution in [0.3, 0.4) is 0 Å². The summed E-state index contributed by atoms with van der Waals surface area (Å²) in [6.45, 7) is 0.745. The standard InChI is InChI=1S/C17H17N3OS3/c21-14(15-9-5-10-22-15)8-4-11-23-17-20-19-16(24-17)18-12-13-6-2-1-3-7-13/h1-3,5-7,9-10H,4,8,11-12H2,(H,18,19). The Morgan fingerprint density at radius 2 is 2.00 bits per heavy atom. The molecule has 0 aliphatic carbocycles. The van der Waals surface area contributed by atoms with Gasteiger partial charge in [-0.25, -0.2) is 0 Å². The second kappa shape index (κ2) is 8.96. The average Bonchev–Trinajstić information content (AvgIpc) is 3.29. The topological polar surface area (TPSA) is 54.9 Å². The fraction of sp³-hybridized carbons (Fsp3) is 0.235. The summed E-state index contributed by atoms with van der Waals surface area (Å²) in [5.74, 6) is 1.11. The smallest absolute Gasteiger partial charge is 0.206 e. The van der Waals surface area contributed by atoms with Crippen LogP contribution < -0.4 is 5.32 Å². The van der Waals surface area contributed by atoms with Gasteiger partial charge < -0.3 is 5.32 Å². The van der Waals surface area contributed by atoms with Gasteiger partial charge in [-0.05, 0) is 23.4 Å². The lowest BCUT2D eigenvalue weighted by Crippen LogP contribution is -1.98. The predicted octanol–water partition coefficient (Wildman–Crippen LogP) is 4.97. The molecule has 0 fully saturated rings. The SMILES string of the molecule is O=C(CCCSc1nnc(NCc2ccccc2)s1)c1cccs1. The minimum atomic E-state index is 0.230. The van der Waals surface area contributed by atoms with Crippen LogP contribution in [-0.4, -0.2) is 21.7 Å². The van der Waals surface area contributed by atoms with E-state index in [9.17, 15) is 4.79 Å². The number of ketones is 1. The minimum Gasteiger partial charge on any atom is -0.356 e. The summed E-state index contributed by atoms with van der Waals surface area (Å²) < 4.78 is 0.939. The Balaban J connectivity index is 1.37. The zero-order chi connectivity index (χ0) is 16.6. The zero-order valence-corrected chi connectivity index (χ0v) is 15.4. The number of rotatable bonds is 9. The summed E-state index contributed by atoms with van der Waals surface area (Å²) >= 11 is 4.72. The Bertz CT molecular complexity index is 757. The third-order valence-electron chi connectivity index (χ3n) is 3.26. The van der Waals surface area contributed by atoms with Crippen LogP contribution in [0.4, 0.5) is 5.13 Å². The van der Waals surface area contributed by atoms with Crippen LogP contribution in [0.2, 0.25) is 0 Å². The van der Waals surface area contributed by atoms with Gasteiger partial charge >= 0.3 is 0 Å². The Hall–Kier alpha value is -1.70. The van der Waals surface area contributed by atoms with Gasteiger partial charge in [0.25, 0.3) is 0 Å². The molecule has 2 heterocycles. The van der Waals surface area contributed by atoms with Gasteiger partial charge in [0, 0.05) is 18.7 Å². The summed E-state index contributed by atoms with van der Waals surface area (Å²) in [5, 5.41) is 14.4. The van der Waals surface area contributed by atoms with Crippen molar-refractivity contribution in [1.29, 1.82) is 0 Å². The van der Waals surface area contributed by atoms with E-state index in [0.29, 0.717) is 6.42 Å². The van der Waals surface area contributed by atoms with Gasteiger partial charge in [-0.15, -0.1) is 21.5 Å². The molecule has 0 unspecified atom stereocenters. The highest BCUT2D eigenvalue weighted by molar-refractivity contribution is 8.01. The first-order valence-electron chi connectivity index (χ1n) is 7.62. The van der Waals surface area contributed by atoms with E-state index < -0.39 is 0 Å². The van der Waals surface area contributed by atoms with Gasteiger partial charge in [0.15, 0.2) is 10.1 Å². The van der Waals surface area contributed by atoms with Crippen molar-refractivity contribution in [3.05, 3.63) is 58.3 Å². The van der Waals surface area contributed by atoms with Crippen molar-refractivity contribution < 1.29 is 4.79 Å². The summed E-state index contributed by atoms with van der Waals surface area (Å²) in [7, 11) is 0. The monoisotopic (exact) mass is 375 g/mol. The molecule has 3 aromatic rings. The van der Waals surface area contributed by atoms with Gasteiger partial charge in [-0.2, -0.15) is 0 Å². The molecule has 1 aromatic carbocycles. The first-order valence-corrected chi connectivity index (χ1v) is 10.3. The maximum atomic E-state index is 11.9. The van der Waals surface area contributed by atoms with Crippen LogP contribution >= 0.6 is 34.4 Å². The van der Waals surface area contributed by atoms with Gasteiger partial charge in [0.1, 0.15) is 0 Å². The van der Waals surface area contributed by atoms with E-state index in [2.05, 4.69) is 27.6 Å². The number of benzene rings is 1. The molecule has 0 saturated heterocycles. The Morgan fingerprint density at radius 3 is 2.79 bits per heavy atom. The van der Waals surface area contributed by atoms with Crippen LogP contribution in [-0.2, 0) is 6.54 Å². The molecule has 1 N–H and O–H groups in total. The van der Waals surface area contributed by atoms with Crippen LogP contribution in [0.15, 0.2) is 52.2 Å². The van der Waals surface area contributed by atoms with Crippen LogP contribution in [0.5, 0.6) is 0 Å². The van der Waals surface area contributed by atoms with Gasteiger partial charge in [0.05, 0.1) is 4.88 Å². The van der Waals surface area contributed by atoms with Gasteiger partial charge in [0.2, 0.25) is 5.13 Å². The van der Waals surface area contributed by atoms with Crippen molar-refractivity contribution in [2.45, 2.75) is 23.7 Å². The molecule has 2 aromatic heterocycles. The zero-order valence-electron chi connectivity index (χ0n) is 13.0. The highest BCUT2D eigenvalue weighted by Gasteiger charge is 2.08. The highest BCUT2D eigenvalue weighted by atomic mass is 32.2. The molecule has 0 aliphatic rings. The molecule has 3 rings (SSSR count). The second-order valence-corrected chi connectivity index (χ2v) is 8.33. The number of hydrogen-bond donors (Lipinski definition) is 1. The molecule has 0 radical (unpaired) electrons. The molecule has 24 heavy (non-hydrogen) atoms. The highest BCUT2D eigenvalue weighted by Crippen LogP contribution is 2.26. The lowest BCUT2D eigenvalue weighted by Gasteiger charge is -2.01. The van der Waals surface area contributed by atoms with Gasteiger partial charge in [-0.3, -0.25) is 4.79 Å². The quantitative estimate of drug-likeness (QED) is 0.325. The lowest BCUT2D eigenvalue weighted by molar-refractivity contribution is 0.0986. The van der Waals surface area contributed by atoms with Crippen molar-refractivity contribution in [2.75, 3.05) is 11.1 Å². The molecule has 0 spiro atoms. The van der Waals surface area contributed by atoms with Crippen LogP contribution in [0.25, 0.3) is 0 Å². The maximum absolute atomic E-state index is 11.9. The van der Waals surface area contributed by atoms with Crippen molar-refractivity contribution >= 4 is 45.4 Å². The van der Waals surface area contributed by atoms with Crippen LogP contribution in [0, 0.1) is 0 Å². The third-order valence-corrected chi connectivity index (χ3v) is 6.27. The number of carbonyl (C=O) groups is 1. The van der Waals surface area contributed by atoms with Crippen molar-refractivity contribution in [1.82, 2.24) is 10.2 Å².